The first-order valence-corrected chi connectivity index (χ1v) is 5.52. The van der Waals surface area contributed by atoms with E-state index in [1.165, 1.54) is 19.3 Å². The topological polar surface area (TPSA) is 55.1 Å². The van der Waals surface area contributed by atoms with E-state index in [2.05, 4.69) is 9.55 Å². The Hall–Kier alpha value is -1.03. The van der Waals surface area contributed by atoms with Gasteiger partial charge in [-0.05, 0) is 19.3 Å². The van der Waals surface area contributed by atoms with E-state index < -0.39 is 5.97 Å². The Kier molecular flexibility index (Phi) is 4.80. The van der Waals surface area contributed by atoms with E-state index in [4.69, 9.17) is 5.11 Å². The number of halogens is 1. The molecule has 0 bridgehead atoms. The number of rotatable bonds is 3. The zero-order valence-corrected chi connectivity index (χ0v) is 10.0. The Labute approximate surface area is 101 Å². The van der Waals surface area contributed by atoms with E-state index in [1.54, 1.807) is 0 Å². The largest absolute Gasteiger partial charge is 0.481 e. The maximum Gasteiger partial charge on any atom is 0.303 e. The van der Waals surface area contributed by atoms with Crippen LogP contribution in [0.4, 0.5) is 0 Å². The summed E-state index contributed by atoms with van der Waals surface area (Å²) in [7, 11) is 0. The van der Waals surface area contributed by atoms with Crippen molar-refractivity contribution in [1.29, 1.82) is 0 Å². The van der Waals surface area contributed by atoms with Gasteiger partial charge in [-0.1, -0.05) is 6.42 Å². The van der Waals surface area contributed by atoms with Crippen LogP contribution in [0.5, 0.6) is 0 Å². The van der Waals surface area contributed by atoms with Crippen molar-refractivity contribution in [1.82, 2.24) is 9.55 Å². The number of carbonyl (C=O) groups is 1. The van der Waals surface area contributed by atoms with Crippen LogP contribution in [-0.4, -0.2) is 20.6 Å². The molecule has 1 aromatic heterocycles. The van der Waals surface area contributed by atoms with Gasteiger partial charge < -0.3 is 9.67 Å². The van der Waals surface area contributed by atoms with Crippen LogP contribution in [0.2, 0.25) is 0 Å². The van der Waals surface area contributed by atoms with Crippen molar-refractivity contribution in [2.24, 2.45) is 0 Å². The van der Waals surface area contributed by atoms with Gasteiger partial charge in [0, 0.05) is 24.9 Å². The van der Waals surface area contributed by atoms with Gasteiger partial charge in [0.2, 0.25) is 0 Å². The molecule has 1 N–H and O–H groups in total. The summed E-state index contributed by atoms with van der Waals surface area (Å²) in [5, 5.41) is 8.64. The highest BCUT2D eigenvalue weighted by Gasteiger charge is 2.13. The van der Waals surface area contributed by atoms with Crippen molar-refractivity contribution in [2.45, 2.75) is 45.1 Å². The molecule has 4 nitrogen and oxygen atoms in total. The Bertz CT molecular complexity index is 363. The second-order valence-corrected chi connectivity index (χ2v) is 4.02. The summed E-state index contributed by atoms with van der Waals surface area (Å²) in [4.78, 5) is 14.9. The maximum atomic E-state index is 10.5. The molecule has 2 rings (SSSR count). The number of aryl methyl sites for hydroxylation is 2. The number of hydrogen-bond donors (Lipinski definition) is 1. The van der Waals surface area contributed by atoms with E-state index >= 15 is 0 Å². The van der Waals surface area contributed by atoms with E-state index in [9.17, 15) is 4.79 Å². The number of carboxylic acids is 1. The molecule has 1 aromatic rings. The molecular weight excluding hydrogens is 228 g/mol. The third-order valence-corrected chi connectivity index (χ3v) is 2.90. The molecule has 0 spiro atoms. The average molecular weight is 245 g/mol. The van der Waals surface area contributed by atoms with Crippen LogP contribution >= 0.6 is 12.4 Å². The molecule has 0 saturated carbocycles. The van der Waals surface area contributed by atoms with E-state index in [0.717, 1.165) is 24.5 Å². The van der Waals surface area contributed by atoms with Gasteiger partial charge in [0.15, 0.2) is 0 Å². The summed E-state index contributed by atoms with van der Waals surface area (Å²) in [6.07, 6.45) is 7.31. The predicted octanol–water partition coefficient (Wildman–Crippen LogP) is 2.05. The molecule has 0 fully saturated rings. The van der Waals surface area contributed by atoms with E-state index in [1.807, 2.05) is 6.20 Å². The minimum atomic E-state index is -0.737. The minimum absolute atomic E-state index is 0. The molecule has 16 heavy (non-hydrogen) atoms. The number of fused-ring (bicyclic) bond motifs is 1. The second-order valence-electron chi connectivity index (χ2n) is 4.02. The smallest absolute Gasteiger partial charge is 0.303 e. The number of aromatic nitrogens is 2. The standard InChI is InChI=1S/C11H16N2O2.ClH/c14-11(15)6-5-9-8-12-10-4-2-1-3-7-13(9)10;/h8H,1-7H2,(H,14,15);1H. The Morgan fingerprint density at radius 1 is 1.44 bits per heavy atom. The van der Waals surface area contributed by atoms with Gasteiger partial charge in [0.25, 0.3) is 0 Å². The summed E-state index contributed by atoms with van der Waals surface area (Å²) in [6, 6.07) is 0. The van der Waals surface area contributed by atoms with Gasteiger partial charge in [0.1, 0.15) is 5.82 Å². The van der Waals surface area contributed by atoms with Crippen molar-refractivity contribution < 1.29 is 9.90 Å². The lowest BCUT2D eigenvalue weighted by molar-refractivity contribution is -0.136. The third-order valence-electron chi connectivity index (χ3n) is 2.90. The van der Waals surface area contributed by atoms with E-state index in [0.29, 0.717) is 6.42 Å². The Morgan fingerprint density at radius 3 is 3.00 bits per heavy atom. The van der Waals surface area contributed by atoms with Gasteiger partial charge in [-0.2, -0.15) is 0 Å². The number of hydrogen-bond acceptors (Lipinski definition) is 2. The van der Waals surface area contributed by atoms with Gasteiger partial charge >= 0.3 is 5.97 Å². The van der Waals surface area contributed by atoms with Crippen molar-refractivity contribution in [3.05, 3.63) is 17.7 Å². The molecule has 1 aliphatic heterocycles. The zero-order valence-electron chi connectivity index (χ0n) is 9.19. The molecular formula is C11H17ClN2O2. The molecule has 0 atom stereocenters. The fourth-order valence-electron chi connectivity index (χ4n) is 2.09. The maximum absolute atomic E-state index is 10.5. The fourth-order valence-corrected chi connectivity index (χ4v) is 2.09. The first-order valence-electron chi connectivity index (χ1n) is 5.52. The number of carboxylic acid groups (broad SMARTS) is 1. The van der Waals surface area contributed by atoms with Gasteiger partial charge in [0.05, 0.1) is 6.42 Å². The number of nitrogens with zero attached hydrogens (tertiary/aromatic N) is 2. The lowest BCUT2D eigenvalue weighted by Crippen LogP contribution is -2.07. The van der Waals surface area contributed by atoms with Gasteiger partial charge in [-0.25, -0.2) is 4.98 Å². The summed E-state index contributed by atoms with van der Waals surface area (Å²) in [5.74, 6) is 0.395. The lowest BCUT2D eigenvalue weighted by Gasteiger charge is -2.07. The van der Waals surface area contributed by atoms with Crippen LogP contribution in [-0.2, 0) is 24.2 Å². The van der Waals surface area contributed by atoms with Crippen LogP contribution < -0.4 is 0 Å². The molecule has 0 unspecified atom stereocenters. The summed E-state index contributed by atoms with van der Waals surface area (Å²) < 4.78 is 2.20. The van der Waals surface area contributed by atoms with Crippen molar-refractivity contribution in [3.8, 4) is 0 Å². The summed E-state index contributed by atoms with van der Waals surface area (Å²) in [5.41, 5.74) is 1.08. The first-order chi connectivity index (χ1) is 7.27. The zero-order chi connectivity index (χ0) is 10.7. The van der Waals surface area contributed by atoms with Gasteiger partial charge in [-0.3, -0.25) is 4.79 Å². The first kappa shape index (κ1) is 13.0. The minimum Gasteiger partial charge on any atom is -0.481 e. The molecule has 0 amide bonds. The van der Waals surface area contributed by atoms with Crippen LogP contribution in [0.25, 0.3) is 0 Å². The SMILES string of the molecule is Cl.O=C(O)CCc1cnc2n1CCCCC2. The Morgan fingerprint density at radius 2 is 2.25 bits per heavy atom. The number of imidazole rings is 1. The molecule has 2 heterocycles. The second kappa shape index (κ2) is 5.89. The molecule has 0 aromatic carbocycles. The predicted molar refractivity (Wildman–Crippen MR) is 63.0 cm³/mol. The third kappa shape index (κ3) is 2.98. The van der Waals surface area contributed by atoms with Crippen LogP contribution in [0, 0.1) is 0 Å². The van der Waals surface area contributed by atoms with Crippen molar-refractivity contribution >= 4 is 18.4 Å². The molecule has 90 valence electrons. The van der Waals surface area contributed by atoms with Crippen LogP contribution in [0.15, 0.2) is 6.20 Å². The summed E-state index contributed by atoms with van der Waals surface area (Å²) >= 11 is 0. The summed E-state index contributed by atoms with van der Waals surface area (Å²) in [6.45, 7) is 1.00. The highest BCUT2D eigenvalue weighted by molar-refractivity contribution is 5.85. The molecule has 1 aliphatic rings. The highest BCUT2D eigenvalue weighted by atomic mass is 35.5. The van der Waals surface area contributed by atoms with Crippen molar-refractivity contribution in [2.75, 3.05) is 0 Å². The molecule has 0 radical (unpaired) electrons. The lowest BCUT2D eigenvalue weighted by atomic mass is 10.2. The van der Waals surface area contributed by atoms with Crippen LogP contribution in [0.3, 0.4) is 0 Å². The monoisotopic (exact) mass is 244 g/mol. The highest BCUT2D eigenvalue weighted by Crippen LogP contribution is 2.16. The molecule has 0 aliphatic carbocycles. The van der Waals surface area contributed by atoms with Gasteiger partial charge in [-0.15, -0.1) is 12.4 Å². The molecule has 5 heteroatoms. The quantitative estimate of drug-likeness (QED) is 0.886. The van der Waals surface area contributed by atoms with E-state index in [-0.39, 0.29) is 18.8 Å². The Balaban J connectivity index is 0.00000128. The fraction of sp³-hybridized carbons (Fsp3) is 0.636. The number of aliphatic carboxylic acids is 1. The van der Waals surface area contributed by atoms with Crippen molar-refractivity contribution in [3.63, 3.8) is 0 Å². The average Bonchev–Trinajstić information content (AvgIpc) is 2.44. The normalized spacial score (nSPS) is 14.8. The molecule has 0 saturated heterocycles. The van der Waals surface area contributed by atoms with Crippen LogP contribution in [0.1, 0.15) is 37.2 Å².